The number of aryl methyl sites for hydroxylation is 2. The Bertz CT molecular complexity index is 1860. The lowest BCUT2D eigenvalue weighted by Gasteiger charge is -2.14. The van der Waals surface area contributed by atoms with Crippen LogP contribution < -0.4 is 20.1 Å². The third-order valence-corrected chi connectivity index (χ3v) is 8.26. The normalized spacial score (nSPS) is 15.0. The molecule has 1 fully saturated rings. The van der Waals surface area contributed by atoms with Gasteiger partial charge in [-0.15, -0.1) is 0 Å². The molecule has 1 saturated heterocycles. The average molecular weight is 597 g/mol. The minimum Gasteiger partial charge on any atom is -0.454 e. The fourth-order valence-electron chi connectivity index (χ4n) is 5.13. The fraction of sp³-hybridized carbons (Fsp3) is 0.188. The molecule has 43 heavy (non-hydrogen) atoms. The largest absolute Gasteiger partial charge is 0.454 e. The number of amides is 4. The Morgan fingerprint density at radius 1 is 0.907 bits per heavy atom. The first-order valence-corrected chi connectivity index (χ1v) is 14.4. The third-order valence-electron chi connectivity index (χ3n) is 7.36. The summed E-state index contributed by atoms with van der Waals surface area (Å²) in [4.78, 5) is 53.1. The first-order chi connectivity index (χ1) is 20.7. The third kappa shape index (κ3) is 5.59. The van der Waals surface area contributed by atoms with Gasteiger partial charge in [-0.3, -0.25) is 24.1 Å². The smallest absolute Gasteiger partial charge is 0.294 e. The summed E-state index contributed by atoms with van der Waals surface area (Å²) in [5.41, 5.74) is 5.36. The summed E-state index contributed by atoms with van der Waals surface area (Å²) in [6.07, 6.45) is 1.66. The lowest BCUT2D eigenvalue weighted by molar-refractivity contribution is -0.127. The standard InChI is InChI=1S/C32H28N4O6S/c1-18-8-9-19(2)24(12-18)34-30(38)16-36-31(39)28(43-32(36)40)14-23-20(3)35(25-7-5-4-6-22(23)25)15-29(37)33-21-10-11-26-27(13-21)42-17-41-26/h4-14H,15-17H2,1-3H3,(H,33,37)(H,34,38)/b28-14-. The van der Waals surface area contributed by atoms with Gasteiger partial charge in [0.15, 0.2) is 11.5 Å². The minimum absolute atomic E-state index is 0.0225. The Balaban J connectivity index is 1.21. The Labute approximate surface area is 251 Å². The van der Waals surface area contributed by atoms with Gasteiger partial charge >= 0.3 is 0 Å². The summed E-state index contributed by atoms with van der Waals surface area (Å²) in [5, 5.41) is 6.01. The Kier molecular flexibility index (Phi) is 7.41. The second-order valence-electron chi connectivity index (χ2n) is 10.4. The van der Waals surface area contributed by atoms with Gasteiger partial charge in [0.05, 0.1) is 4.91 Å². The molecule has 0 radical (unpaired) electrons. The second-order valence-corrected chi connectivity index (χ2v) is 11.3. The van der Waals surface area contributed by atoms with Crippen molar-refractivity contribution in [3.8, 4) is 11.5 Å². The van der Waals surface area contributed by atoms with Crippen molar-refractivity contribution in [2.45, 2.75) is 27.3 Å². The molecule has 1 aromatic heterocycles. The zero-order chi connectivity index (χ0) is 30.2. The molecular formula is C32H28N4O6S. The van der Waals surface area contributed by atoms with Crippen LogP contribution in [-0.2, 0) is 20.9 Å². The highest BCUT2D eigenvalue weighted by Gasteiger charge is 2.36. The van der Waals surface area contributed by atoms with Gasteiger partial charge in [-0.2, -0.15) is 0 Å². The van der Waals surface area contributed by atoms with E-state index in [4.69, 9.17) is 9.47 Å². The van der Waals surface area contributed by atoms with Crippen molar-refractivity contribution in [2.75, 3.05) is 24.0 Å². The van der Waals surface area contributed by atoms with E-state index in [-0.39, 0.29) is 24.2 Å². The molecule has 6 rings (SSSR count). The number of hydrogen-bond donors (Lipinski definition) is 2. The van der Waals surface area contributed by atoms with Gasteiger partial charge in [-0.1, -0.05) is 30.3 Å². The van der Waals surface area contributed by atoms with Gasteiger partial charge in [-0.05, 0) is 74.0 Å². The van der Waals surface area contributed by atoms with E-state index in [2.05, 4.69) is 10.6 Å². The molecule has 2 N–H and O–H groups in total. The summed E-state index contributed by atoms with van der Waals surface area (Å²) < 4.78 is 12.6. The molecule has 218 valence electrons. The van der Waals surface area contributed by atoms with E-state index in [1.165, 1.54) is 0 Å². The van der Waals surface area contributed by atoms with E-state index >= 15 is 0 Å². The van der Waals surface area contributed by atoms with Crippen LogP contribution in [0.25, 0.3) is 17.0 Å². The molecule has 3 aromatic carbocycles. The Hall–Kier alpha value is -5.03. The number of nitrogens with one attached hydrogen (secondary N) is 2. The maximum Gasteiger partial charge on any atom is 0.294 e. The van der Waals surface area contributed by atoms with Crippen LogP contribution in [0.5, 0.6) is 11.5 Å². The molecule has 0 bridgehead atoms. The molecule has 2 aliphatic rings. The minimum atomic E-state index is -0.539. The van der Waals surface area contributed by atoms with Crippen molar-refractivity contribution in [3.63, 3.8) is 0 Å². The van der Waals surface area contributed by atoms with Crippen molar-refractivity contribution in [2.24, 2.45) is 0 Å². The van der Waals surface area contributed by atoms with Crippen LogP contribution in [-0.4, -0.2) is 45.8 Å². The average Bonchev–Trinajstić information content (AvgIpc) is 3.63. The van der Waals surface area contributed by atoms with Crippen LogP contribution >= 0.6 is 11.8 Å². The quantitative estimate of drug-likeness (QED) is 0.266. The van der Waals surface area contributed by atoms with Crippen molar-refractivity contribution in [3.05, 3.63) is 88.0 Å². The van der Waals surface area contributed by atoms with Crippen LogP contribution in [0.4, 0.5) is 16.2 Å². The molecule has 11 heteroatoms. The molecule has 0 saturated carbocycles. The molecular weight excluding hydrogens is 568 g/mol. The van der Waals surface area contributed by atoms with E-state index in [9.17, 15) is 19.2 Å². The number of thioether (sulfide) groups is 1. The molecule has 4 amide bonds. The monoisotopic (exact) mass is 596 g/mol. The number of aromatic nitrogens is 1. The maximum absolute atomic E-state index is 13.3. The van der Waals surface area contributed by atoms with Gasteiger partial charge < -0.3 is 24.7 Å². The van der Waals surface area contributed by atoms with Gasteiger partial charge in [-0.25, -0.2) is 0 Å². The first kappa shape index (κ1) is 28.1. The molecule has 10 nitrogen and oxygen atoms in total. The fourth-order valence-corrected chi connectivity index (χ4v) is 5.95. The lowest BCUT2D eigenvalue weighted by Crippen LogP contribution is -2.36. The number of imide groups is 1. The van der Waals surface area contributed by atoms with Gasteiger partial charge in [0.2, 0.25) is 18.6 Å². The topological polar surface area (TPSA) is 119 Å². The van der Waals surface area contributed by atoms with E-state index in [0.717, 1.165) is 49.9 Å². The second kappa shape index (κ2) is 11.3. The highest BCUT2D eigenvalue weighted by Crippen LogP contribution is 2.36. The SMILES string of the molecule is Cc1ccc(C)c(NC(=O)CN2C(=O)S/C(=C\c3c(C)n(CC(=O)Nc4ccc5c(c4)OCO5)c4ccccc34)C2=O)c1. The number of para-hydroxylation sites is 1. The molecule has 0 unspecified atom stereocenters. The van der Waals surface area contributed by atoms with E-state index in [1.54, 1.807) is 24.3 Å². The number of rotatable bonds is 7. The van der Waals surface area contributed by atoms with Crippen LogP contribution in [0.3, 0.4) is 0 Å². The van der Waals surface area contributed by atoms with E-state index < -0.39 is 23.6 Å². The number of hydrogen-bond acceptors (Lipinski definition) is 7. The van der Waals surface area contributed by atoms with Crippen molar-refractivity contribution < 1.29 is 28.7 Å². The predicted octanol–water partition coefficient (Wildman–Crippen LogP) is 5.61. The highest BCUT2D eigenvalue weighted by atomic mass is 32.2. The molecule has 4 aromatic rings. The number of carbonyl (C=O) groups excluding carboxylic acids is 4. The first-order valence-electron chi connectivity index (χ1n) is 13.6. The number of fused-ring (bicyclic) bond motifs is 2. The summed E-state index contributed by atoms with van der Waals surface area (Å²) in [6.45, 7) is 5.43. The number of ether oxygens (including phenoxy) is 2. The Morgan fingerprint density at radius 3 is 2.51 bits per heavy atom. The van der Waals surface area contributed by atoms with Gasteiger partial charge in [0.1, 0.15) is 13.1 Å². The lowest BCUT2D eigenvalue weighted by atomic mass is 10.1. The molecule has 2 aliphatic heterocycles. The summed E-state index contributed by atoms with van der Waals surface area (Å²) in [5.74, 6) is -0.0495. The molecule has 0 aliphatic carbocycles. The summed E-state index contributed by atoms with van der Waals surface area (Å²) in [6, 6.07) is 18.4. The van der Waals surface area contributed by atoms with Crippen molar-refractivity contribution >= 4 is 63.1 Å². The number of carbonyl (C=O) groups is 4. The van der Waals surface area contributed by atoms with Crippen molar-refractivity contribution in [1.82, 2.24) is 9.47 Å². The molecule has 0 spiro atoms. The maximum atomic E-state index is 13.3. The number of nitrogens with zero attached hydrogens (tertiary/aromatic N) is 2. The van der Waals surface area contributed by atoms with Gasteiger partial charge in [0, 0.05) is 39.6 Å². The number of benzene rings is 3. The van der Waals surface area contributed by atoms with E-state index in [1.807, 2.05) is 67.8 Å². The number of anilines is 2. The predicted molar refractivity (Wildman–Crippen MR) is 165 cm³/mol. The summed E-state index contributed by atoms with van der Waals surface area (Å²) in [7, 11) is 0. The van der Waals surface area contributed by atoms with Crippen LogP contribution in [0.1, 0.15) is 22.4 Å². The zero-order valence-corrected chi connectivity index (χ0v) is 24.5. The van der Waals surface area contributed by atoms with Crippen LogP contribution in [0, 0.1) is 20.8 Å². The highest BCUT2D eigenvalue weighted by molar-refractivity contribution is 8.18. The van der Waals surface area contributed by atoms with E-state index in [0.29, 0.717) is 22.9 Å². The van der Waals surface area contributed by atoms with Crippen LogP contribution in [0.2, 0.25) is 0 Å². The van der Waals surface area contributed by atoms with Crippen molar-refractivity contribution in [1.29, 1.82) is 0 Å². The van der Waals surface area contributed by atoms with Crippen LogP contribution in [0.15, 0.2) is 65.6 Å². The summed E-state index contributed by atoms with van der Waals surface area (Å²) >= 11 is 0.790. The zero-order valence-electron chi connectivity index (χ0n) is 23.7. The van der Waals surface area contributed by atoms with Gasteiger partial charge in [0.25, 0.3) is 11.1 Å². The Morgan fingerprint density at radius 2 is 1.67 bits per heavy atom. The molecule has 3 heterocycles. The molecule has 0 atom stereocenters.